The molecule has 1 aliphatic heterocycles. The van der Waals surface area contributed by atoms with E-state index in [0.29, 0.717) is 6.54 Å². The average molecular weight is 190 g/mol. The maximum Gasteiger partial charge on any atom is 0.0375 e. The maximum absolute atomic E-state index is 5.37. The first kappa shape index (κ1) is 10.8. The molecule has 0 unspecified atom stereocenters. The van der Waals surface area contributed by atoms with Crippen LogP contribution >= 0.6 is 0 Å². The normalized spacial score (nSPS) is 22.1. The molecule has 1 aliphatic rings. The predicted molar refractivity (Wildman–Crippen MR) is 61.8 cm³/mol. The van der Waals surface area contributed by atoms with Gasteiger partial charge in [0.2, 0.25) is 0 Å². The van der Waals surface area contributed by atoms with Crippen molar-refractivity contribution in [1.29, 1.82) is 0 Å². The summed E-state index contributed by atoms with van der Waals surface area (Å²) in [5, 5.41) is 3.34. The number of hydrogen-bond donors (Lipinski definition) is 2. The Balaban J connectivity index is 2.76. The van der Waals surface area contributed by atoms with E-state index in [1.807, 2.05) is 12.2 Å². The molecule has 0 aromatic carbocycles. The zero-order chi connectivity index (χ0) is 10.2. The maximum atomic E-state index is 5.37. The largest absolute Gasteiger partial charge is 0.381 e. The number of hydrogen-bond acceptors (Lipinski definition) is 2. The molecule has 0 saturated carbocycles. The highest BCUT2D eigenvalue weighted by Crippen LogP contribution is 2.13. The van der Waals surface area contributed by atoms with E-state index in [1.165, 1.54) is 11.3 Å². The summed E-state index contributed by atoms with van der Waals surface area (Å²) in [5.41, 5.74) is 7.82. The van der Waals surface area contributed by atoms with E-state index in [4.69, 9.17) is 5.73 Å². The van der Waals surface area contributed by atoms with E-state index in [2.05, 4.69) is 36.5 Å². The van der Waals surface area contributed by atoms with Gasteiger partial charge in [0.1, 0.15) is 0 Å². The van der Waals surface area contributed by atoms with Crippen LogP contribution in [-0.4, -0.2) is 13.1 Å². The quantitative estimate of drug-likeness (QED) is 0.713. The van der Waals surface area contributed by atoms with Crippen molar-refractivity contribution < 1.29 is 0 Å². The first-order valence-corrected chi connectivity index (χ1v) is 5.06. The SMILES string of the molecule is CC/C=C1/NCC=C/C1=C/C=C\CN. The fourth-order valence-corrected chi connectivity index (χ4v) is 1.34. The van der Waals surface area contributed by atoms with Crippen molar-refractivity contribution in [1.82, 2.24) is 5.32 Å². The van der Waals surface area contributed by atoms with E-state index in [0.717, 1.165) is 13.0 Å². The van der Waals surface area contributed by atoms with Crippen molar-refractivity contribution in [3.63, 3.8) is 0 Å². The first-order chi connectivity index (χ1) is 6.88. The van der Waals surface area contributed by atoms with Crippen LogP contribution in [0.3, 0.4) is 0 Å². The van der Waals surface area contributed by atoms with Crippen LogP contribution in [0.4, 0.5) is 0 Å². The summed E-state index contributed by atoms with van der Waals surface area (Å²) in [4.78, 5) is 0. The molecule has 2 heteroatoms. The molecular formula is C12H18N2. The van der Waals surface area contributed by atoms with E-state index >= 15 is 0 Å². The van der Waals surface area contributed by atoms with Crippen molar-refractivity contribution in [3.8, 4) is 0 Å². The minimum Gasteiger partial charge on any atom is -0.381 e. The van der Waals surface area contributed by atoms with Crippen LogP contribution in [0, 0.1) is 0 Å². The average Bonchev–Trinajstić information content (AvgIpc) is 2.21. The van der Waals surface area contributed by atoms with Gasteiger partial charge in [-0.2, -0.15) is 0 Å². The van der Waals surface area contributed by atoms with Gasteiger partial charge in [-0.1, -0.05) is 43.4 Å². The van der Waals surface area contributed by atoms with Crippen molar-refractivity contribution in [2.24, 2.45) is 5.73 Å². The van der Waals surface area contributed by atoms with E-state index in [1.54, 1.807) is 0 Å². The highest BCUT2D eigenvalue weighted by atomic mass is 14.9. The lowest BCUT2D eigenvalue weighted by Crippen LogP contribution is -2.17. The van der Waals surface area contributed by atoms with Crippen LogP contribution in [0.25, 0.3) is 0 Å². The summed E-state index contributed by atoms with van der Waals surface area (Å²) in [6.45, 7) is 3.65. The van der Waals surface area contributed by atoms with Gasteiger partial charge in [0.15, 0.2) is 0 Å². The van der Waals surface area contributed by atoms with Gasteiger partial charge in [-0.05, 0) is 12.0 Å². The van der Waals surface area contributed by atoms with E-state index in [9.17, 15) is 0 Å². The number of rotatable bonds is 3. The molecular weight excluding hydrogens is 172 g/mol. The Morgan fingerprint density at radius 3 is 3.14 bits per heavy atom. The zero-order valence-electron chi connectivity index (χ0n) is 8.66. The molecule has 1 heterocycles. The van der Waals surface area contributed by atoms with Crippen LogP contribution in [0.1, 0.15) is 13.3 Å². The number of allylic oxidation sites excluding steroid dienone is 4. The summed E-state index contributed by atoms with van der Waals surface area (Å²) in [7, 11) is 0. The zero-order valence-corrected chi connectivity index (χ0v) is 8.66. The lowest BCUT2D eigenvalue weighted by atomic mass is 10.1. The molecule has 1 rings (SSSR count). The Kier molecular flexibility index (Phi) is 4.79. The van der Waals surface area contributed by atoms with Gasteiger partial charge in [-0.25, -0.2) is 0 Å². The fraction of sp³-hybridized carbons (Fsp3) is 0.333. The topological polar surface area (TPSA) is 38.0 Å². The van der Waals surface area contributed by atoms with Gasteiger partial charge in [0.25, 0.3) is 0 Å². The van der Waals surface area contributed by atoms with Gasteiger partial charge in [-0.15, -0.1) is 0 Å². The minimum atomic E-state index is 0.591. The van der Waals surface area contributed by atoms with Crippen LogP contribution in [-0.2, 0) is 0 Å². The summed E-state index contributed by atoms with van der Waals surface area (Å²) in [5.74, 6) is 0. The highest BCUT2D eigenvalue weighted by molar-refractivity contribution is 5.43. The summed E-state index contributed by atoms with van der Waals surface area (Å²) < 4.78 is 0. The first-order valence-electron chi connectivity index (χ1n) is 5.06. The number of nitrogens with one attached hydrogen (secondary N) is 1. The second kappa shape index (κ2) is 6.22. The van der Waals surface area contributed by atoms with Crippen LogP contribution in [0.2, 0.25) is 0 Å². The van der Waals surface area contributed by atoms with Crippen molar-refractivity contribution in [2.75, 3.05) is 13.1 Å². The monoisotopic (exact) mass is 190 g/mol. The molecule has 0 aromatic rings. The Morgan fingerprint density at radius 1 is 1.57 bits per heavy atom. The third kappa shape index (κ3) is 3.23. The molecule has 0 amide bonds. The number of nitrogens with two attached hydrogens (primary N) is 1. The summed E-state index contributed by atoms with van der Waals surface area (Å²) in [6, 6.07) is 0. The van der Waals surface area contributed by atoms with Crippen molar-refractivity contribution >= 4 is 0 Å². The van der Waals surface area contributed by atoms with Crippen molar-refractivity contribution in [2.45, 2.75) is 13.3 Å². The molecule has 0 aliphatic carbocycles. The third-order valence-electron chi connectivity index (χ3n) is 1.97. The second-order valence-corrected chi connectivity index (χ2v) is 3.10. The van der Waals surface area contributed by atoms with E-state index in [-0.39, 0.29) is 0 Å². The molecule has 0 fully saturated rings. The predicted octanol–water partition coefficient (Wildman–Crippen LogP) is 1.88. The summed E-state index contributed by atoms with van der Waals surface area (Å²) in [6.07, 6.45) is 13.5. The standard InChI is InChI=1S/C12H18N2/c1-2-6-12-11(7-3-4-9-13)8-5-10-14-12/h3-8,14H,2,9-10,13H2,1H3/b4-3-,11-7-,12-6+. The Labute approximate surface area is 85.9 Å². The van der Waals surface area contributed by atoms with Gasteiger partial charge in [0, 0.05) is 18.8 Å². The van der Waals surface area contributed by atoms with Crippen LogP contribution in [0.15, 0.2) is 47.7 Å². The Hall–Kier alpha value is -1.28. The van der Waals surface area contributed by atoms with Gasteiger partial charge >= 0.3 is 0 Å². The Morgan fingerprint density at radius 2 is 2.43 bits per heavy atom. The molecule has 0 atom stereocenters. The highest BCUT2D eigenvalue weighted by Gasteiger charge is 2.02. The summed E-state index contributed by atoms with van der Waals surface area (Å²) >= 11 is 0. The van der Waals surface area contributed by atoms with Crippen molar-refractivity contribution in [3.05, 3.63) is 47.7 Å². The molecule has 0 radical (unpaired) electrons. The molecule has 2 nitrogen and oxygen atoms in total. The Bertz CT molecular complexity index is 283. The van der Waals surface area contributed by atoms with Gasteiger partial charge in [-0.3, -0.25) is 0 Å². The smallest absolute Gasteiger partial charge is 0.0375 e. The molecule has 76 valence electrons. The van der Waals surface area contributed by atoms with Crippen LogP contribution in [0.5, 0.6) is 0 Å². The third-order valence-corrected chi connectivity index (χ3v) is 1.97. The molecule has 3 N–H and O–H groups in total. The van der Waals surface area contributed by atoms with Gasteiger partial charge < -0.3 is 11.1 Å². The van der Waals surface area contributed by atoms with Gasteiger partial charge in [0.05, 0.1) is 0 Å². The second-order valence-electron chi connectivity index (χ2n) is 3.10. The molecule has 0 saturated heterocycles. The molecule has 14 heavy (non-hydrogen) atoms. The lowest BCUT2D eigenvalue weighted by Gasteiger charge is -2.14. The minimum absolute atomic E-state index is 0.591. The van der Waals surface area contributed by atoms with Crippen LogP contribution < -0.4 is 11.1 Å². The fourth-order valence-electron chi connectivity index (χ4n) is 1.34. The van der Waals surface area contributed by atoms with E-state index < -0.39 is 0 Å². The molecule has 0 bridgehead atoms. The molecule has 0 spiro atoms. The lowest BCUT2D eigenvalue weighted by molar-refractivity contribution is 0.888. The molecule has 0 aromatic heterocycles.